The monoisotopic (exact) mass is 746 g/mol. The third-order valence-corrected chi connectivity index (χ3v) is 9.18. The van der Waals surface area contributed by atoms with Gasteiger partial charge in [-0.2, -0.15) is 0 Å². The minimum absolute atomic E-state index is 0. The van der Waals surface area contributed by atoms with Gasteiger partial charge < -0.3 is 24.6 Å². The number of phenols is 1. The van der Waals surface area contributed by atoms with Crippen LogP contribution >= 0.6 is 15.9 Å². The molecule has 0 spiro atoms. The van der Waals surface area contributed by atoms with Crippen molar-refractivity contribution in [1.29, 1.82) is 0 Å². The van der Waals surface area contributed by atoms with E-state index in [4.69, 9.17) is 4.98 Å². The number of rotatable bonds is 11. The summed E-state index contributed by atoms with van der Waals surface area (Å²) in [6.45, 7) is 10.4. The summed E-state index contributed by atoms with van der Waals surface area (Å²) in [7, 11) is 0. The molecule has 3 aliphatic rings. The zero-order chi connectivity index (χ0) is 32.4. The number of hydrogen-bond acceptors (Lipinski definition) is 6. The van der Waals surface area contributed by atoms with Gasteiger partial charge in [0.25, 0.3) is 0 Å². The molecule has 2 aromatic heterocycles. The molecule has 3 fully saturated rings. The number of para-hydroxylation sites is 2. The second kappa shape index (κ2) is 18.5. The number of benzene rings is 2. The van der Waals surface area contributed by atoms with Crippen molar-refractivity contribution in [3.63, 3.8) is 0 Å². The molecule has 3 heterocycles. The van der Waals surface area contributed by atoms with Crippen LogP contribution in [0.5, 0.6) is 5.75 Å². The van der Waals surface area contributed by atoms with Crippen LogP contribution in [-0.4, -0.2) is 82.9 Å². The zero-order valence-electron chi connectivity index (χ0n) is 27.4. The molecule has 7 rings (SSSR count). The molecular weight excluding hydrogens is 704 g/mol. The molecule has 2 aromatic carbocycles. The van der Waals surface area contributed by atoms with Crippen LogP contribution in [0.1, 0.15) is 29.5 Å². The fourth-order valence-corrected chi connectivity index (χ4v) is 6.64. The van der Waals surface area contributed by atoms with Crippen LogP contribution in [0.2, 0.25) is 0 Å². The Morgan fingerprint density at radius 2 is 1.56 bits per heavy atom. The van der Waals surface area contributed by atoms with Gasteiger partial charge >= 0.3 is 17.1 Å². The van der Waals surface area contributed by atoms with Gasteiger partial charge in [0.15, 0.2) is 5.82 Å². The summed E-state index contributed by atoms with van der Waals surface area (Å²) in [4.78, 5) is 14.7. The average molecular weight is 748 g/mol. The maximum absolute atomic E-state index is 9.95. The maximum Gasteiger partial charge on any atom is 2.00 e. The van der Waals surface area contributed by atoms with E-state index in [1.54, 1.807) is 12.3 Å². The molecule has 0 amide bonds. The summed E-state index contributed by atoms with van der Waals surface area (Å²) in [5.41, 5.74) is 6.56. The number of aromatic nitrogens is 2. The van der Waals surface area contributed by atoms with Gasteiger partial charge in [0.1, 0.15) is 5.75 Å². The molecule has 4 aromatic rings. The molecule has 7 nitrogen and oxygen atoms in total. The van der Waals surface area contributed by atoms with Crippen molar-refractivity contribution in [1.82, 2.24) is 19.2 Å². The minimum Gasteiger partial charge on any atom is -0.507 e. The summed E-state index contributed by atoms with van der Waals surface area (Å²) in [6.07, 6.45) is 24.7. The van der Waals surface area contributed by atoms with E-state index < -0.39 is 0 Å². The van der Waals surface area contributed by atoms with Gasteiger partial charge in [-0.1, -0.05) is 28.1 Å². The molecule has 9 heteroatoms. The number of halogens is 1. The van der Waals surface area contributed by atoms with Crippen LogP contribution < -0.4 is 5.32 Å². The van der Waals surface area contributed by atoms with Crippen molar-refractivity contribution in [2.45, 2.75) is 19.8 Å². The first-order chi connectivity index (χ1) is 23.1. The number of hydrogen-bond donors (Lipinski definition) is 2. The second-order valence-electron chi connectivity index (χ2n) is 12.0. The summed E-state index contributed by atoms with van der Waals surface area (Å²) in [6, 6.07) is 13.8. The molecular formula is C39H43BrFeN6O+2. The SMILES string of the molecule is Cc1cn2c(c(NCCCN3CCN(CCCN=Cc4cc(Br)ccc4O)CC3)nc3ccccc32)c1[C]1[CH][CH][CH][CH]1.[CH]1[CH][CH][CH][CH]1.[Fe+2]. The van der Waals surface area contributed by atoms with E-state index in [0.29, 0.717) is 0 Å². The van der Waals surface area contributed by atoms with Crippen molar-refractivity contribution in [2.24, 2.45) is 4.99 Å². The summed E-state index contributed by atoms with van der Waals surface area (Å²) in [5, 5.41) is 13.7. The number of aryl methyl sites for hydroxylation is 1. The number of phenolic OH excluding ortho intramolecular Hbond substituents is 1. The van der Waals surface area contributed by atoms with Gasteiger partial charge in [0.2, 0.25) is 0 Å². The number of aromatic hydroxyl groups is 1. The standard InChI is InChI=1S/C34H38BrN6O.C5H5.Fe/c1-25-24-41-30-11-5-4-10-29(30)38-34(33(41)32(25)26-8-2-3-9-26)37-15-7-17-40-20-18-39(19-21-40)16-6-14-36-23-27-22-28(35)12-13-31(27)42;1-2-4-5-3-1;/h2-5,8-13,22-24,42H,6-7,14-21H2,1H3,(H,37,38);1-5H;/q;;+2. The Morgan fingerprint density at radius 3 is 2.27 bits per heavy atom. The van der Waals surface area contributed by atoms with Crippen LogP contribution in [-0.2, 0) is 17.1 Å². The molecule has 10 radical (unpaired) electrons. The Balaban J connectivity index is 0.000000689. The molecule has 0 atom stereocenters. The zero-order valence-corrected chi connectivity index (χ0v) is 30.1. The molecule has 1 aliphatic heterocycles. The number of piperazine rings is 1. The van der Waals surface area contributed by atoms with Crippen molar-refractivity contribution in [3.8, 4) is 5.75 Å². The Labute approximate surface area is 306 Å². The first-order valence-corrected chi connectivity index (χ1v) is 17.3. The number of nitrogens with one attached hydrogen (secondary N) is 1. The fourth-order valence-electron chi connectivity index (χ4n) is 6.26. The predicted molar refractivity (Wildman–Crippen MR) is 197 cm³/mol. The van der Waals surface area contributed by atoms with Crippen molar-refractivity contribution < 1.29 is 22.2 Å². The van der Waals surface area contributed by atoms with Crippen molar-refractivity contribution in [2.75, 3.05) is 57.7 Å². The van der Waals surface area contributed by atoms with Gasteiger partial charge in [-0.15, -0.1) is 0 Å². The normalized spacial score (nSPS) is 17.6. The van der Waals surface area contributed by atoms with E-state index in [1.807, 2.05) is 44.2 Å². The van der Waals surface area contributed by atoms with Crippen molar-refractivity contribution in [3.05, 3.63) is 134 Å². The van der Waals surface area contributed by atoms with Gasteiger partial charge in [-0.25, -0.2) is 4.98 Å². The first kappa shape index (κ1) is 36.8. The summed E-state index contributed by atoms with van der Waals surface area (Å²) < 4.78 is 3.24. The van der Waals surface area contributed by atoms with Gasteiger partial charge in [0, 0.05) is 67.6 Å². The third-order valence-electron chi connectivity index (χ3n) is 8.69. The van der Waals surface area contributed by atoms with Gasteiger partial charge in [-0.3, -0.25) is 4.99 Å². The number of fused-ring (bicyclic) bond motifs is 3. The first-order valence-electron chi connectivity index (χ1n) is 16.5. The number of aliphatic imine (C=N–C) groups is 1. The van der Waals surface area contributed by atoms with Gasteiger partial charge in [0.05, 0.1) is 16.6 Å². The van der Waals surface area contributed by atoms with Crippen LogP contribution in [0.4, 0.5) is 5.82 Å². The molecule has 2 saturated carbocycles. The maximum atomic E-state index is 9.95. The molecule has 48 heavy (non-hydrogen) atoms. The van der Waals surface area contributed by atoms with E-state index in [0.717, 1.165) is 97.6 Å². The molecule has 2 aliphatic carbocycles. The Hall–Kier alpha value is -2.42. The van der Waals surface area contributed by atoms with E-state index in [2.05, 4.69) is 104 Å². The third kappa shape index (κ3) is 9.63. The molecule has 1 saturated heterocycles. The van der Waals surface area contributed by atoms with Crippen molar-refractivity contribution >= 4 is 44.5 Å². The quantitative estimate of drug-likeness (QED) is 0.0987. The molecule has 248 valence electrons. The Bertz CT molecular complexity index is 1610. The van der Waals surface area contributed by atoms with Gasteiger partial charge in [-0.05, 0) is 132 Å². The topological polar surface area (TPSA) is 68.4 Å². The molecule has 0 bridgehead atoms. The second-order valence-corrected chi connectivity index (χ2v) is 13.0. The van der Waals surface area contributed by atoms with Crippen LogP contribution in [0.15, 0.2) is 58.1 Å². The smallest absolute Gasteiger partial charge is 0.507 e. The van der Waals surface area contributed by atoms with Crippen LogP contribution in [0, 0.1) is 70.6 Å². The Kier molecular flexibility index (Phi) is 14.2. The van der Waals surface area contributed by atoms with Crippen LogP contribution in [0.25, 0.3) is 16.6 Å². The largest absolute Gasteiger partial charge is 2.00 e. The predicted octanol–water partition coefficient (Wildman–Crippen LogP) is 6.97. The average Bonchev–Trinajstić information content (AvgIpc) is 3.89. The van der Waals surface area contributed by atoms with Crippen LogP contribution in [0.3, 0.4) is 0 Å². The fraction of sp³-hybridized carbons (Fsp3) is 0.282. The van der Waals surface area contributed by atoms with E-state index in [9.17, 15) is 5.11 Å². The summed E-state index contributed by atoms with van der Waals surface area (Å²) >= 11 is 3.44. The number of anilines is 1. The number of nitrogens with zero attached hydrogens (tertiary/aromatic N) is 5. The van der Waals surface area contributed by atoms with E-state index >= 15 is 0 Å². The molecule has 0 unspecified atom stereocenters. The van der Waals surface area contributed by atoms with E-state index in [-0.39, 0.29) is 22.8 Å². The summed E-state index contributed by atoms with van der Waals surface area (Å²) in [5.74, 6) is 2.46. The Morgan fingerprint density at radius 1 is 0.896 bits per heavy atom. The molecule has 2 N–H and O–H groups in total. The van der Waals surface area contributed by atoms with E-state index in [1.165, 1.54) is 17.0 Å². The minimum atomic E-state index is 0.